The molecule has 2 amide bonds. The molecule has 1 saturated heterocycles. The lowest BCUT2D eigenvalue weighted by Crippen LogP contribution is -2.50. The highest BCUT2D eigenvalue weighted by molar-refractivity contribution is 7.89. The Kier molecular flexibility index (Phi) is 9.96. The van der Waals surface area contributed by atoms with Crippen molar-refractivity contribution in [3.63, 3.8) is 0 Å². The first kappa shape index (κ1) is 31.9. The maximum Gasteiger partial charge on any atom is 0.409 e. The number of hydrazone groups is 1. The summed E-state index contributed by atoms with van der Waals surface area (Å²) in [6.07, 6.45) is 1.09. The topological polar surface area (TPSA) is 131 Å². The molecule has 0 N–H and O–H groups in total. The maximum atomic E-state index is 13.8. The summed E-state index contributed by atoms with van der Waals surface area (Å²) in [5.41, 5.74) is 1.64. The summed E-state index contributed by atoms with van der Waals surface area (Å²) in [5, 5.41) is 6.03. The number of nitrogens with zero attached hydrogens (tertiary/aromatic N) is 5. The van der Waals surface area contributed by atoms with Crippen molar-refractivity contribution in [2.45, 2.75) is 18.7 Å². The van der Waals surface area contributed by atoms with Crippen LogP contribution in [0.5, 0.6) is 11.5 Å². The molecule has 1 aliphatic heterocycles. The van der Waals surface area contributed by atoms with Gasteiger partial charge < -0.3 is 19.1 Å². The third kappa shape index (κ3) is 7.24. The number of hydrogen-bond donors (Lipinski definition) is 0. The van der Waals surface area contributed by atoms with Crippen LogP contribution < -0.4 is 14.5 Å². The van der Waals surface area contributed by atoms with Gasteiger partial charge in [-0.2, -0.15) is 14.4 Å². The van der Waals surface area contributed by atoms with E-state index in [2.05, 4.69) is 10.1 Å². The van der Waals surface area contributed by atoms with Crippen molar-refractivity contribution in [3.05, 3.63) is 77.9 Å². The molecule has 3 aromatic carbocycles. The zero-order valence-corrected chi connectivity index (χ0v) is 26.7. The first-order valence-corrected chi connectivity index (χ1v) is 16.6. The normalized spacial score (nSPS) is 14.1. The smallest absolute Gasteiger partial charge is 0.409 e. The minimum Gasteiger partial charge on any atom is -0.497 e. The fourth-order valence-electron chi connectivity index (χ4n) is 4.61. The quantitative estimate of drug-likeness (QED) is 0.176. The van der Waals surface area contributed by atoms with Crippen LogP contribution in [0, 0.1) is 0 Å². The molecule has 0 aliphatic carbocycles. The molecule has 0 atom stereocenters. The number of rotatable bonds is 10. The van der Waals surface area contributed by atoms with Crippen LogP contribution in [0.15, 0.2) is 76.7 Å². The van der Waals surface area contributed by atoms with Crippen LogP contribution >= 0.6 is 11.3 Å². The first-order chi connectivity index (χ1) is 21.7. The van der Waals surface area contributed by atoms with Crippen molar-refractivity contribution in [2.75, 3.05) is 51.5 Å². The molecule has 0 spiro atoms. The van der Waals surface area contributed by atoms with Crippen molar-refractivity contribution < 1.29 is 32.2 Å². The molecule has 0 radical (unpaired) electrons. The number of carbonyl (C=O) groups excluding carboxylic acids is 2. The Morgan fingerprint density at radius 3 is 2.29 bits per heavy atom. The lowest BCUT2D eigenvalue weighted by Gasteiger charge is -2.33. The Labute approximate surface area is 265 Å². The third-order valence-electron chi connectivity index (χ3n) is 6.97. The van der Waals surface area contributed by atoms with Crippen molar-refractivity contribution in [1.29, 1.82) is 0 Å². The van der Waals surface area contributed by atoms with E-state index in [1.165, 1.54) is 49.8 Å². The molecular weight excluding hydrogens is 619 g/mol. The van der Waals surface area contributed by atoms with E-state index in [0.717, 1.165) is 16.0 Å². The number of anilines is 1. The minimum atomic E-state index is -3.85. The summed E-state index contributed by atoms with van der Waals surface area (Å²) in [5.74, 6) is 0.890. The molecule has 1 fully saturated rings. The van der Waals surface area contributed by atoms with Gasteiger partial charge in [0, 0.05) is 31.7 Å². The number of sulfonamides is 1. The minimum absolute atomic E-state index is 0.0418. The predicted molar refractivity (Wildman–Crippen MR) is 172 cm³/mol. The van der Waals surface area contributed by atoms with Crippen LogP contribution in [0.2, 0.25) is 0 Å². The number of thiazole rings is 1. The van der Waals surface area contributed by atoms with E-state index in [-0.39, 0.29) is 43.2 Å². The van der Waals surface area contributed by atoms with Crippen LogP contribution in [0.1, 0.15) is 29.8 Å². The summed E-state index contributed by atoms with van der Waals surface area (Å²) in [4.78, 5) is 32.0. The molecule has 4 aromatic rings. The zero-order valence-electron chi connectivity index (χ0n) is 25.1. The zero-order chi connectivity index (χ0) is 32.0. The highest BCUT2D eigenvalue weighted by Gasteiger charge is 2.31. The molecule has 1 aliphatic rings. The fraction of sp³-hybridized carbons (Fsp3) is 0.290. The van der Waals surface area contributed by atoms with Gasteiger partial charge in [0.15, 0.2) is 0 Å². The number of methoxy groups -OCH3 is 1. The number of aromatic nitrogens is 1. The van der Waals surface area contributed by atoms with E-state index in [9.17, 15) is 18.0 Å². The van der Waals surface area contributed by atoms with Crippen molar-refractivity contribution in [2.24, 2.45) is 5.10 Å². The van der Waals surface area contributed by atoms with Gasteiger partial charge in [0.2, 0.25) is 15.2 Å². The van der Waals surface area contributed by atoms with Crippen molar-refractivity contribution >= 4 is 54.9 Å². The highest BCUT2D eigenvalue weighted by Crippen LogP contribution is 2.32. The first-order valence-electron chi connectivity index (χ1n) is 14.3. The molecule has 12 nitrogen and oxygen atoms in total. The second kappa shape index (κ2) is 14.1. The second-order valence-electron chi connectivity index (χ2n) is 9.81. The van der Waals surface area contributed by atoms with E-state index >= 15 is 0 Å². The molecule has 0 unspecified atom stereocenters. The Morgan fingerprint density at radius 2 is 1.64 bits per heavy atom. The van der Waals surface area contributed by atoms with Gasteiger partial charge in [0.25, 0.3) is 5.91 Å². The SMILES string of the molecule is CCOC(=O)N1CCN(S(=O)(=O)c2ccc(C(=O)N(/N=C/c3ccc(OCC)cc3)c3nc4ccc(OC)cc4s3)cc2)CC1. The van der Waals surface area contributed by atoms with Crippen molar-refractivity contribution in [3.8, 4) is 11.5 Å². The standard InChI is InChI=1S/C31H33N5O7S2/c1-4-42-24-10-6-22(7-11-24)21-32-36(30-33-27-15-12-25(41-3)20-28(27)44-30)29(37)23-8-13-26(14-9-23)45(39,40)35-18-16-34(17-19-35)31(38)43-5-2/h6-15,20-21H,4-5,16-19H2,1-3H3/b32-21+. The Hall–Kier alpha value is -4.53. The van der Waals surface area contributed by atoms with Gasteiger partial charge in [-0.1, -0.05) is 11.3 Å². The Balaban J connectivity index is 1.39. The monoisotopic (exact) mass is 651 g/mol. The fourth-order valence-corrected chi connectivity index (χ4v) is 6.98. The van der Waals surface area contributed by atoms with E-state index in [1.807, 2.05) is 37.3 Å². The van der Waals surface area contributed by atoms with E-state index in [4.69, 9.17) is 14.2 Å². The van der Waals surface area contributed by atoms with Crippen LogP contribution in [-0.2, 0) is 14.8 Å². The average molecular weight is 652 g/mol. The van der Waals surface area contributed by atoms with Crippen molar-refractivity contribution in [1.82, 2.24) is 14.2 Å². The molecule has 5 rings (SSSR count). The number of hydrogen-bond acceptors (Lipinski definition) is 10. The van der Waals surface area contributed by atoms with Gasteiger partial charge in [0.05, 0.1) is 41.7 Å². The maximum absolute atomic E-state index is 13.8. The van der Waals surface area contributed by atoms with E-state index in [0.29, 0.717) is 23.0 Å². The number of amides is 2. The number of fused-ring (bicyclic) bond motifs is 1. The summed E-state index contributed by atoms with van der Waals surface area (Å²) in [7, 11) is -2.27. The highest BCUT2D eigenvalue weighted by atomic mass is 32.2. The van der Waals surface area contributed by atoms with Crippen LogP contribution in [-0.4, -0.2) is 87.3 Å². The van der Waals surface area contributed by atoms with Crippen LogP contribution in [0.3, 0.4) is 0 Å². The molecule has 45 heavy (non-hydrogen) atoms. The summed E-state index contributed by atoms with van der Waals surface area (Å²) < 4.78 is 44.7. The molecule has 0 saturated carbocycles. The van der Waals surface area contributed by atoms with Gasteiger partial charge in [0.1, 0.15) is 11.5 Å². The second-order valence-corrected chi connectivity index (χ2v) is 12.8. The van der Waals surface area contributed by atoms with Gasteiger partial charge in [-0.05, 0) is 86.1 Å². The molecular formula is C31H33N5O7S2. The number of ether oxygens (including phenoxy) is 3. The predicted octanol–water partition coefficient (Wildman–Crippen LogP) is 4.85. The molecule has 2 heterocycles. The lowest BCUT2D eigenvalue weighted by molar-refractivity contribution is 0.0933. The average Bonchev–Trinajstić information content (AvgIpc) is 3.49. The van der Waals surface area contributed by atoms with E-state index < -0.39 is 22.0 Å². The molecule has 236 valence electrons. The van der Waals surface area contributed by atoms with Gasteiger partial charge in [-0.15, -0.1) is 0 Å². The Bertz CT molecular complexity index is 1780. The van der Waals surface area contributed by atoms with Gasteiger partial charge in [-0.25, -0.2) is 18.2 Å². The van der Waals surface area contributed by atoms with Crippen LogP contribution in [0.25, 0.3) is 10.2 Å². The summed E-state index contributed by atoms with van der Waals surface area (Å²) in [6.45, 7) is 5.15. The summed E-state index contributed by atoms with van der Waals surface area (Å²) >= 11 is 1.27. The largest absolute Gasteiger partial charge is 0.497 e. The molecule has 14 heteroatoms. The van der Waals surface area contributed by atoms with Gasteiger partial charge in [-0.3, -0.25) is 4.79 Å². The summed E-state index contributed by atoms with van der Waals surface area (Å²) in [6, 6.07) is 18.4. The van der Waals surface area contributed by atoms with Crippen LogP contribution in [0.4, 0.5) is 9.93 Å². The van der Waals surface area contributed by atoms with Gasteiger partial charge >= 0.3 is 6.09 Å². The third-order valence-corrected chi connectivity index (χ3v) is 9.88. The lowest BCUT2D eigenvalue weighted by atomic mass is 10.2. The van der Waals surface area contributed by atoms with E-state index in [1.54, 1.807) is 32.4 Å². The number of benzene rings is 3. The number of piperazine rings is 1. The molecule has 0 bridgehead atoms. The molecule has 1 aromatic heterocycles. The Morgan fingerprint density at radius 1 is 0.956 bits per heavy atom. The number of carbonyl (C=O) groups is 2.